The monoisotopic (exact) mass is 362 g/mol. The highest BCUT2D eigenvalue weighted by molar-refractivity contribution is 5.50. The molecule has 0 saturated heterocycles. The predicted octanol–water partition coefficient (Wildman–Crippen LogP) is 7.62. The van der Waals surface area contributed by atoms with Gasteiger partial charge in [0, 0.05) is 0 Å². The quantitative estimate of drug-likeness (QED) is 0.472. The van der Waals surface area contributed by atoms with Gasteiger partial charge in [-0.2, -0.15) is 0 Å². The largest absolute Gasteiger partial charge is 0.0985 e. The van der Waals surface area contributed by atoms with Crippen LogP contribution in [-0.2, 0) is 12.8 Å². The van der Waals surface area contributed by atoms with E-state index in [4.69, 9.17) is 0 Å². The molecule has 0 N–H and O–H groups in total. The SMILES string of the molecule is C=Cc1ccc2c(c1)CCC(C1CCC3C[C@H](CC/C=C/C)CC[C@@H]3C1)C2. The van der Waals surface area contributed by atoms with Crippen molar-refractivity contribution in [2.45, 2.75) is 77.6 Å². The topological polar surface area (TPSA) is 0 Å². The minimum Gasteiger partial charge on any atom is -0.0985 e. The van der Waals surface area contributed by atoms with Crippen molar-refractivity contribution in [3.05, 3.63) is 53.6 Å². The summed E-state index contributed by atoms with van der Waals surface area (Å²) >= 11 is 0. The van der Waals surface area contributed by atoms with Crippen LogP contribution < -0.4 is 0 Å². The average molecular weight is 363 g/mol. The zero-order valence-corrected chi connectivity index (χ0v) is 17.3. The Balaban J connectivity index is 1.32. The number of allylic oxidation sites excluding steroid dienone is 2. The van der Waals surface area contributed by atoms with Gasteiger partial charge in [-0.15, -0.1) is 0 Å². The van der Waals surface area contributed by atoms with E-state index in [1.165, 1.54) is 76.2 Å². The van der Waals surface area contributed by atoms with Crippen molar-refractivity contribution in [3.63, 3.8) is 0 Å². The first kappa shape index (κ1) is 19.0. The average Bonchev–Trinajstić information content (AvgIpc) is 2.72. The lowest BCUT2D eigenvalue weighted by Gasteiger charge is -2.45. The van der Waals surface area contributed by atoms with Crippen LogP contribution in [-0.4, -0.2) is 0 Å². The van der Waals surface area contributed by atoms with Gasteiger partial charge in [0.1, 0.15) is 0 Å². The highest BCUT2D eigenvalue weighted by Crippen LogP contribution is 2.49. The molecule has 0 heteroatoms. The molecule has 4 rings (SSSR count). The minimum atomic E-state index is 0.945. The highest BCUT2D eigenvalue weighted by Gasteiger charge is 2.38. The van der Waals surface area contributed by atoms with Crippen molar-refractivity contribution >= 4 is 6.08 Å². The van der Waals surface area contributed by atoms with Crippen LogP contribution in [0.5, 0.6) is 0 Å². The Labute approximate surface area is 167 Å². The predicted molar refractivity (Wildman–Crippen MR) is 118 cm³/mol. The van der Waals surface area contributed by atoms with Gasteiger partial charge in [0.15, 0.2) is 0 Å². The van der Waals surface area contributed by atoms with Crippen LogP contribution in [0.2, 0.25) is 0 Å². The number of benzene rings is 1. The molecule has 0 nitrogen and oxygen atoms in total. The fraction of sp³-hybridized carbons (Fsp3) is 0.630. The summed E-state index contributed by atoms with van der Waals surface area (Å²) in [4.78, 5) is 0. The van der Waals surface area contributed by atoms with Gasteiger partial charge in [0.05, 0.1) is 0 Å². The van der Waals surface area contributed by atoms with Crippen molar-refractivity contribution in [3.8, 4) is 0 Å². The molecule has 27 heavy (non-hydrogen) atoms. The van der Waals surface area contributed by atoms with Crippen LogP contribution in [0, 0.1) is 29.6 Å². The van der Waals surface area contributed by atoms with Crippen molar-refractivity contribution < 1.29 is 0 Å². The smallest absolute Gasteiger partial charge is 0.0245 e. The van der Waals surface area contributed by atoms with Crippen LogP contribution in [0.25, 0.3) is 6.08 Å². The molecule has 3 aliphatic carbocycles. The van der Waals surface area contributed by atoms with Crippen LogP contribution in [0.4, 0.5) is 0 Å². The molecule has 5 atom stereocenters. The molecule has 0 amide bonds. The van der Waals surface area contributed by atoms with Gasteiger partial charge in [-0.25, -0.2) is 0 Å². The molecule has 0 aromatic heterocycles. The third-order valence-electron chi connectivity index (χ3n) is 8.14. The molecule has 1 aromatic carbocycles. The lowest BCUT2D eigenvalue weighted by atomic mass is 9.61. The third-order valence-corrected chi connectivity index (χ3v) is 8.14. The first-order valence-corrected chi connectivity index (χ1v) is 11.6. The van der Waals surface area contributed by atoms with E-state index >= 15 is 0 Å². The molecule has 3 aliphatic rings. The summed E-state index contributed by atoms with van der Waals surface area (Å²) in [7, 11) is 0. The second-order valence-electron chi connectivity index (χ2n) is 9.65. The fourth-order valence-corrected chi connectivity index (χ4v) is 6.54. The molecule has 146 valence electrons. The van der Waals surface area contributed by atoms with Crippen LogP contribution in [0.1, 0.15) is 81.4 Å². The summed E-state index contributed by atoms with van der Waals surface area (Å²) < 4.78 is 0. The Morgan fingerprint density at radius 1 is 0.926 bits per heavy atom. The Morgan fingerprint density at radius 3 is 2.52 bits per heavy atom. The lowest BCUT2D eigenvalue weighted by Crippen LogP contribution is -2.35. The summed E-state index contributed by atoms with van der Waals surface area (Å²) in [5.41, 5.74) is 4.52. The van der Waals surface area contributed by atoms with Crippen molar-refractivity contribution in [1.82, 2.24) is 0 Å². The number of aryl methyl sites for hydroxylation is 1. The molecule has 3 unspecified atom stereocenters. The number of fused-ring (bicyclic) bond motifs is 2. The standard InChI is InChI=1S/C27H38/c1-3-5-6-7-21-9-11-25-19-27(15-13-23(25)17-21)26-14-12-22-16-20(4-2)8-10-24(22)18-26/h3-5,8,10,16,21,23,25-27H,2,6-7,9,11-15,17-19H2,1H3/b5-3+/t21-,23?,25-,26?,27?/m1/s1. The Bertz CT molecular complexity index is 667. The van der Waals surface area contributed by atoms with E-state index in [1.807, 2.05) is 6.08 Å². The van der Waals surface area contributed by atoms with E-state index in [9.17, 15) is 0 Å². The van der Waals surface area contributed by atoms with Crippen molar-refractivity contribution in [2.75, 3.05) is 0 Å². The van der Waals surface area contributed by atoms with Gasteiger partial charge in [-0.05, 0) is 117 Å². The maximum absolute atomic E-state index is 3.93. The maximum atomic E-state index is 3.93. The molecular weight excluding hydrogens is 324 g/mol. The van der Waals surface area contributed by atoms with Gasteiger partial charge in [0.25, 0.3) is 0 Å². The van der Waals surface area contributed by atoms with Crippen molar-refractivity contribution in [2.24, 2.45) is 29.6 Å². The summed E-state index contributed by atoms with van der Waals surface area (Å²) in [6, 6.07) is 7.03. The van der Waals surface area contributed by atoms with Gasteiger partial charge in [-0.3, -0.25) is 0 Å². The fourth-order valence-electron chi connectivity index (χ4n) is 6.54. The Hall–Kier alpha value is -1.30. The van der Waals surface area contributed by atoms with E-state index in [0.29, 0.717) is 0 Å². The molecular formula is C27H38. The van der Waals surface area contributed by atoms with E-state index in [2.05, 4.69) is 43.9 Å². The van der Waals surface area contributed by atoms with E-state index < -0.39 is 0 Å². The second-order valence-corrected chi connectivity index (χ2v) is 9.65. The molecule has 0 bridgehead atoms. The third kappa shape index (κ3) is 4.41. The summed E-state index contributed by atoms with van der Waals surface area (Å²) in [6.07, 6.45) is 22.5. The Morgan fingerprint density at radius 2 is 1.70 bits per heavy atom. The van der Waals surface area contributed by atoms with Crippen molar-refractivity contribution in [1.29, 1.82) is 0 Å². The summed E-state index contributed by atoms with van der Waals surface area (Å²) in [6.45, 7) is 6.08. The Kier molecular flexibility index (Phi) is 6.21. The van der Waals surface area contributed by atoms with Crippen LogP contribution in [0.3, 0.4) is 0 Å². The molecule has 1 aromatic rings. The van der Waals surface area contributed by atoms with E-state index in [0.717, 1.165) is 29.6 Å². The van der Waals surface area contributed by atoms with Crippen LogP contribution in [0.15, 0.2) is 36.9 Å². The van der Waals surface area contributed by atoms with Gasteiger partial charge < -0.3 is 0 Å². The molecule has 2 saturated carbocycles. The zero-order chi connectivity index (χ0) is 18.6. The second kappa shape index (κ2) is 8.80. The van der Waals surface area contributed by atoms with Crippen LogP contribution >= 0.6 is 0 Å². The molecule has 0 heterocycles. The summed E-state index contributed by atoms with van der Waals surface area (Å²) in [5.74, 6) is 5.06. The molecule has 0 spiro atoms. The van der Waals surface area contributed by atoms with Gasteiger partial charge in [0.2, 0.25) is 0 Å². The first-order valence-electron chi connectivity index (χ1n) is 11.6. The number of hydrogen-bond acceptors (Lipinski definition) is 0. The maximum Gasteiger partial charge on any atom is -0.0245 e. The lowest BCUT2D eigenvalue weighted by molar-refractivity contribution is 0.0699. The zero-order valence-electron chi connectivity index (χ0n) is 17.3. The minimum absolute atomic E-state index is 0.945. The molecule has 0 radical (unpaired) electrons. The number of rotatable bonds is 5. The molecule has 2 fully saturated rings. The van der Waals surface area contributed by atoms with E-state index in [-0.39, 0.29) is 0 Å². The first-order chi connectivity index (χ1) is 13.3. The normalized spacial score (nSPS) is 33.4. The van der Waals surface area contributed by atoms with Gasteiger partial charge in [-0.1, -0.05) is 49.4 Å². The highest BCUT2D eigenvalue weighted by atomic mass is 14.4. The summed E-state index contributed by atoms with van der Waals surface area (Å²) in [5, 5.41) is 0. The van der Waals surface area contributed by atoms with Gasteiger partial charge >= 0.3 is 0 Å². The molecule has 0 aliphatic heterocycles. The van der Waals surface area contributed by atoms with E-state index in [1.54, 1.807) is 11.1 Å². The number of hydrogen-bond donors (Lipinski definition) is 0.